The lowest BCUT2D eigenvalue weighted by Crippen LogP contribution is -2.09. The monoisotopic (exact) mass is 312 g/mol. The summed E-state index contributed by atoms with van der Waals surface area (Å²) in [6.07, 6.45) is 11.0. The molecular weight excluding hydrogens is 283 g/mol. The topological polar surface area (TPSA) is 20.2 Å². The zero-order valence-corrected chi connectivity index (χ0v) is 14.0. The van der Waals surface area contributed by atoms with Crippen LogP contribution in [0.15, 0.2) is 29.2 Å². The van der Waals surface area contributed by atoms with Gasteiger partial charge < -0.3 is 5.11 Å². The minimum absolute atomic E-state index is 0.209. The molecule has 0 aliphatic rings. The standard InChI is InChI=1S/C18H29FOS/c1-2-3-4-5-6-7-8-9-10-17(20)15-21-18-13-11-16(19)12-14-18/h11-14,17,20H,2-10,15H2,1H3. The third-order valence-electron chi connectivity index (χ3n) is 3.65. The van der Waals surface area contributed by atoms with Crippen LogP contribution in [0, 0.1) is 5.82 Å². The Balaban J connectivity index is 1.96. The first-order valence-electron chi connectivity index (χ1n) is 8.28. The molecular formula is C18H29FOS. The van der Waals surface area contributed by atoms with Crippen molar-refractivity contribution in [3.63, 3.8) is 0 Å². The fourth-order valence-electron chi connectivity index (χ4n) is 2.32. The highest BCUT2D eigenvalue weighted by Gasteiger charge is 2.05. The molecule has 3 heteroatoms. The highest BCUT2D eigenvalue weighted by Crippen LogP contribution is 2.20. The van der Waals surface area contributed by atoms with E-state index in [0.717, 1.165) is 17.7 Å². The number of aliphatic hydroxyl groups is 1. The zero-order chi connectivity index (χ0) is 15.3. The van der Waals surface area contributed by atoms with Gasteiger partial charge in [-0.2, -0.15) is 0 Å². The number of aliphatic hydroxyl groups excluding tert-OH is 1. The van der Waals surface area contributed by atoms with E-state index in [9.17, 15) is 9.50 Å². The van der Waals surface area contributed by atoms with Gasteiger partial charge in [0.25, 0.3) is 0 Å². The van der Waals surface area contributed by atoms with Crippen molar-refractivity contribution in [1.29, 1.82) is 0 Å². The van der Waals surface area contributed by atoms with Gasteiger partial charge in [-0.3, -0.25) is 0 Å². The summed E-state index contributed by atoms with van der Waals surface area (Å²) < 4.78 is 12.8. The van der Waals surface area contributed by atoms with E-state index in [1.54, 1.807) is 23.9 Å². The van der Waals surface area contributed by atoms with Gasteiger partial charge in [0.2, 0.25) is 0 Å². The maximum atomic E-state index is 12.8. The predicted molar refractivity (Wildman–Crippen MR) is 90.4 cm³/mol. The van der Waals surface area contributed by atoms with Crippen LogP contribution in [0.1, 0.15) is 64.7 Å². The molecule has 0 aromatic heterocycles. The maximum Gasteiger partial charge on any atom is 0.123 e. The quantitative estimate of drug-likeness (QED) is 0.388. The van der Waals surface area contributed by atoms with E-state index >= 15 is 0 Å². The van der Waals surface area contributed by atoms with Crippen LogP contribution in [-0.4, -0.2) is 17.0 Å². The van der Waals surface area contributed by atoms with Crippen molar-refractivity contribution in [1.82, 2.24) is 0 Å². The van der Waals surface area contributed by atoms with Crippen molar-refractivity contribution >= 4 is 11.8 Å². The number of hydrogen-bond acceptors (Lipinski definition) is 2. The summed E-state index contributed by atoms with van der Waals surface area (Å²) in [6.45, 7) is 2.24. The summed E-state index contributed by atoms with van der Waals surface area (Å²) in [5.41, 5.74) is 0. The predicted octanol–water partition coefficient (Wildman–Crippen LogP) is 5.81. The Bertz CT molecular complexity index is 353. The smallest absolute Gasteiger partial charge is 0.123 e. The molecule has 0 spiro atoms. The maximum absolute atomic E-state index is 12.8. The molecule has 0 heterocycles. The number of hydrogen-bond donors (Lipinski definition) is 1. The van der Waals surface area contributed by atoms with Gasteiger partial charge in [-0.1, -0.05) is 58.3 Å². The number of thioether (sulfide) groups is 1. The molecule has 0 aliphatic heterocycles. The molecule has 0 saturated carbocycles. The van der Waals surface area contributed by atoms with Gasteiger partial charge in [-0.15, -0.1) is 11.8 Å². The number of benzene rings is 1. The summed E-state index contributed by atoms with van der Waals surface area (Å²) in [7, 11) is 0. The van der Waals surface area contributed by atoms with Crippen LogP contribution >= 0.6 is 11.8 Å². The molecule has 21 heavy (non-hydrogen) atoms. The van der Waals surface area contributed by atoms with Crippen molar-refractivity contribution in [2.45, 2.75) is 75.7 Å². The van der Waals surface area contributed by atoms with Gasteiger partial charge in [-0.25, -0.2) is 4.39 Å². The first-order chi connectivity index (χ1) is 10.2. The van der Waals surface area contributed by atoms with Crippen molar-refractivity contribution in [3.8, 4) is 0 Å². The first kappa shape index (κ1) is 18.5. The van der Waals surface area contributed by atoms with E-state index in [-0.39, 0.29) is 11.9 Å². The number of halogens is 1. The average Bonchev–Trinajstić information content (AvgIpc) is 2.49. The van der Waals surface area contributed by atoms with Gasteiger partial charge in [0, 0.05) is 10.6 Å². The molecule has 0 saturated heterocycles. The second-order valence-electron chi connectivity index (χ2n) is 5.68. The van der Waals surface area contributed by atoms with Crippen LogP contribution in [-0.2, 0) is 0 Å². The van der Waals surface area contributed by atoms with Crippen molar-refractivity contribution in [2.24, 2.45) is 0 Å². The van der Waals surface area contributed by atoms with Gasteiger partial charge in [0.05, 0.1) is 6.10 Å². The van der Waals surface area contributed by atoms with E-state index < -0.39 is 0 Å². The Morgan fingerprint density at radius 1 is 0.952 bits per heavy atom. The Kier molecular flexibility index (Phi) is 10.6. The van der Waals surface area contributed by atoms with Crippen molar-refractivity contribution < 1.29 is 9.50 Å². The lowest BCUT2D eigenvalue weighted by molar-refractivity contribution is 0.185. The summed E-state index contributed by atoms with van der Waals surface area (Å²) in [4.78, 5) is 1.02. The van der Waals surface area contributed by atoms with Crippen molar-refractivity contribution in [2.75, 3.05) is 5.75 Å². The first-order valence-corrected chi connectivity index (χ1v) is 9.27. The third kappa shape index (κ3) is 9.92. The second kappa shape index (κ2) is 12.0. The molecule has 1 N–H and O–H groups in total. The Hall–Kier alpha value is -0.540. The van der Waals surface area contributed by atoms with E-state index in [0.29, 0.717) is 5.75 Å². The van der Waals surface area contributed by atoms with Crippen LogP contribution in [0.4, 0.5) is 4.39 Å². The number of rotatable bonds is 12. The number of unbranched alkanes of at least 4 members (excludes halogenated alkanes) is 7. The molecule has 1 aromatic rings. The molecule has 0 amide bonds. The molecule has 0 bridgehead atoms. The minimum atomic E-state index is -0.250. The summed E-state index contributed by atoms with van der Waals surface area (Å²) >= 11 is 1.60. The highest BCUT2D eigenvalue weighted by atomic mass is 32.2. The lowest BCUT2D eigenvalue weighted by Gasteiger charge is -2.10. The fourth-order valence-corrected chi connectivity index (χ4v) is 3.20. The van der Waals surface area contributed by atoms with E-state index in [2.05, 4.69) is 6.92 Å². The molecule has 1 unspecified atom stereocenters. The van der Waals surface area contributed by atoms with Crippen LogP contribution < -0.4 is 0 Å². The molecule has 120 valence electrons. The van der Waals surface area contributed by atoms with Crippen LogP contribution in [0.3, 0.4) is 0 Å². The summed E-state index contributed by atoms with van der Waals surface area (Å²) in [5.74, 6) is 0.487. The van der Waals surface area contributed by atoms with Crippen LogP contribution in [0.25, 0.3) is 0 Å². The van der Waals surface area contributed by atoms with E-state index in [4.69, 9.17) is 0 Å². The summed E-state index contributed by atoms with van der Waals surface area (Å²) in [6, 6.07) is 6.46. The largest absolute Gasteiger partial charge is 0.392 e. The SMILES string of the molecule is CCCCCCCCCCC(O)CSc1ccc(F)cc1. The average molecular weight is 312 g/mol. The van der Waals surface area contributed by atoms with Gasteiger partial charge in [0.1, 0.15) is 5.82 Å². The molecule has 1 rings (SSSR count). The molecule has 0 aliphatic carbocycles. The molecule has 0 fully saturated rings. The molecule has 1 nitrogen and oxygen atoms in total. The fraction of sp³-hybridized carbons (Fsp3) is 0.667. The Labute approximate surface area is 133 Å². The highest BCUT2D eigenvalue weighted by molar-refractivity contribution is 7.99. The normalized spacial score (nSPS) is 12.5. The molecule has 1 atom stereocenters. The third-order valence-corrected chi connectivity index (χ3v) is 4.80. The van der Waals surface area contributed by atoms with Gasteiger partial charge in [0.15, 0.2) is 0 Å². The van der Waals surface area contributed by atoms with Crippen LogP contribution in [0.2, 0.25) is 0 Å². The lowest BCUT2D eigenvalue weighted by atomic mass is 10.1. The Morgan fingerprint density at radius 2 is 1.52 bits per heavy atom. The van der Waals surface area contributed by atoms with Gasteiger partial charge >= 0.3 is 0 Å². The Morgan fingerprint density at radius 3 is 2.14 bits per heavy atom. The summed E-state index contributed by atoms with van der Waals surface area (Å²) in [5, 5.41) is 9.94. The second-order valence-corrected chi connectivity index (χ2v) is 6.78. The minimum Gasteiger partial charge on any atom is -0.392 e. The van der Waals surface area contributed by atoms with Crippen molar-refractivity contribution in [3.05, 3.63) is 30.1 Å². The zero-order valence-electron chi connectivity index (χ0n) is 13.2. The molecule has 0 radical (unpaired) electrons. The van der Waals surface area contributed by atoms with E-state index in [1.807, 2.05) is 0 Å². The molecule has 1 aromatic carbocycles. The van der Waals surface area contributed by atoms with Crippen LogP contribution in [0.5, 0.6) is 0 Å². The van der Waals surface area contributed by atoms with Gasteiger partial charge in [-0.05, 0) is 30.7 Å². The van der Waals surface area contributed by atoms with E-state index in [1.165, 1.54) is 57.1 Å².